The van der Waals surface area contributed by atoms with Crippen LogP contribution in [0.15, 0.2) is 0 Å². The fourth-order valence-corrected chi connectivity index (χ4v) is 2.26. The third-order valence-electron chi connectivity index (χ3n) is 2.76. The van der Waals surface area contributed by atoms with Crippen LogP contribution in [0.1, 0.15) is 25.7 Å². The van der Waals surface area contributed by atoms with Gasteiger partial charge >= 0.3 is 0 Å². The lowest BCUT2D eigenvalue weighted by Gasteiger charge is -2.34. The highest BCUT2D eigenvalue weighted by molar-refractivity contribution is 4.80. The van der Waals surface area contributed by atoms with Crippen molar-refractivity contribution in [3.63, 3.8) is 0 Å². The molecule has 1 heteroatoms. The normalized spacial score (nSPS) is 42.7. The number of fused-ring (bicyclic) bond motifs is 2. The lowest BCUT2D eigenvalue weighted by molar-refractivity contribution is 0.208. The van der Waals surface area contributed by atoms with Gasteiger partial charge in [-0.1, -0.05) is 6.42 Å². The summed E-state index contributed by atoms with van der Waals surface area (Å²) in [6.45, 7) is 2.60. The summed E-state index contributed by atoms with van der Waals surface area (Å²) < 4.78 is 0. The molecule has 0 amide bonds. The highest BCUT2D eigenvalue weighted by Gasteiger charge is 2.24. The second-order valence-electron chi connectivity index (χ2n) is 3.56. The molecule has 0 aromatic carbocycles. The SMILES string of the molecule is C1CC2CNC[C@H](C1)C2. The molecule has 1 nitrogen and oxygen atoms in total. The first-order chi connectivity index (χ1) is 4.45. The summed E-state index contributed by atoms with van der Waals surface area (Å²) >= 11 is 0. The van der Waals surface area contributed by atoms with Gasteiger partial charge in [0.2, 0.25) is 0 Å². The smallest absolute Gasteiger partial charge is 0.00203 e. The van der Waals surface area contributed by atoms with E-state index in [2.05, 4.69) is 5.32 Å². The van der Waals surface area contributed by atoms with Crippen molar-refractivity contribution < 1.29 is 0 Å². The van der Waals surface area contributed by atoms with E-state index in [0.717, 1.165) is 11.8 Å². The van der Waals surface area contributed by atoms with Crippen molar-refractivity contribution in [3.8, 4) is 0 Å². The molecule has 0 spiro atoms. The van der Waals surface area contributed by atoms with Crippen LogP contribution in [0.4, 0.5) is 0 Å². The number of hydrogen-bond acceptors (Lipinski definition) is 1. The number of hydrogen-bond donors (Lipinski definition) is 1. The molecule has 2 bridgehead atoms. The van der Waals surface area contributed by atoms with E-state index in [1.54, 1.807) is 0 Å². The molecule has 1 N–H and O–H groups in total. The van der Waals surface area contributed by atoms with Crippen LogP contribution in [-0.2, 0) is 0 Å². The molecule has 1 saturated carbocycles. The maximum atomic E-state index is 3.49. The molecule has 2 atom stereocenters. The lowest BCUT2D eigenvalue weighted by Crippen LogP contribution is -2.38. The van der Waals surface area contributed by atoms with Crippen LogP contribution >= 0.6 is 0 Å². The first kappa shape index (κ1) is 5.72. The third kappa shape index (κ3) is 1.11. The van der Waals surface area contributed by atoms with E-state index in [1.807, 2.05) is 0 Å². The van der Waals surface area contributed by atoms with Crippen LogP contribution in [0.5, 0.6) is 0 Å². The van der Waals surface area contributed by atoms with Crippen molar-refractivity contribution in [1.82, 2.24) is 5.32 Å². The fraction of sp³-hybridized carbons (Fsp3) is 1.00. The Hall–Kier alpha value is -0.0400. The predicted octanol–water partition coefficient (Wildman–Crippen LogP) is 1.40. The number of rotatable bonds is 0. The summed E-state index contributed by atoms with van der Waals surface area (Å²) in [6.07, 6.45) is 6.00. The predicted molar refractivity (Wildman–Crippen MR) is 38.3 cm³/mol. The second-order valence-corrected chi connectivity index (χ2v) is 3.56. The molecule has 2 fully saturated rings. The zero-order valence-electron chi connectivity index (χ0n) is 5.90. The van der Waals surface area contributed by atoms with E-state index in [1.165, 1.54) is 38.8 Å². The largest absolute Gasteiger partial charge is 0.316 e. The van der Waals surface area contributed by atoms with Gasteiger partial charge < -0.3 is 5.32 Å². The van der Waals surface area contributed by atoms with Crippen molar-refractivity contribution in [2.45, 2.75) is 25.7 Å². The summed E-state index contributed by atoms with van der Waals surface area (Å²) in [4.78, 5) is 0. The van der Waals surface area contributed by atoms with E-state index >= 15 is 0 Å². The molecule has 1 unspecified atom stereocenters. The van der Waals surface area contributed by atoms with Crippen LogP contribution in [0, 0.1) is 11.8 Å². The molecule has 9 heavy (non-hydrogen) atoms. The first-order valence-electron chi connectivity index (χ1n) is 4.16. The average Bonchev–Trinajstić information content (AvgIpc) is 1.88. The topological polar surface area (TPSA) is 12.0 Å². The Balaban J connectivity index is 1.96. The third-order valence-corrected chi connectivity index (χ3v) is 2.76. The molecule has 2 aliphatic rings. The van der Waals surface area contributed by atoms with Crippen LogP contribution in [-0.4, -0.2) is 13.1 Å². The zero-order chi connectivity index (χ0) is 6.10. The molecular formula is C8H15N. The van der Waals surface area contributed by atoms with Gasteiger partial charge in [0, 0.05) is 0 Å². The minimum Gasteiger partial charge on any atom is -0.316 e. The molecule has 1 aliphatic carbocycles. The molecule has 1 saturated heterocycles. The van der Waals surface area contributed by atoms with E-state index in [9.17, 15) is 0 Å². The summed E-state index contributed by atoms with van der Waals surface area (Å²) in [6, 6.07) is 0. The molecule has 2 rings (SSSR count). The molecule has 52 valence electrons. The van der Waals surface area contributed by atoms with Crippen LogP contribution < -0.4 is 5.32 Å². The number of nitrogens with one attached hydrogen (secondary N) is 1. The van der Waals surface area contributed by atoms with Gasteiger partial charge in [-0.2, -0.15) is 0 Å². The van der Waals surface area contributed by atoms with Gasteiger partial charge in [-0.25, -0.2) is 0 Å². The van der Waals surface area contributed by atoms with Gasteiger partial charge in [-0.05, 0) is 44.2 Å². The maximum absolute atomic E-state index is 3.49. The zero-order valence-corrected chi connectivity index (χ0v) is 5.90. The summed E-state index contributed by atoms with van der Waals surface area (Å²) in [5.41, 5.74) is 0. The summed E-state index contributed by atoms with van der Waals surface area (Å²) in [5, 5.41) is 3.49. The van der Waals surface area contributed by atoms with Gasteiger partial charge in [-0.3, -0.25) is 0 Å². The Morgan fingerprint density at radius 2 is 1.67 bits per heavy atom. The maximum Gasteiger partial charge on any atom is -0.00203 e. The Kier molecular flexibility index (Phi) is 1.46. The van der Waals surface area contributed by atoms with Crippen LogP contribution in [0.3, 0.4) is 0 Å². The van der Waals surface area contributed by atoms with Crippen LogP contribution in [0.2, 0.25) is 0 Å². The highest BCUT2D eigenvalue weighted by atomic mass is 14.9. The Morgan fingerprint density at radius 1 is 1.00 bits per heavy atom. The highest BCUT2D eigenvalue weighted by Crippen LogP contribution is 2.30. The van der Waals surface area contributed by atoms with Gasteiger partial charge in [0.15, 0.2) is 0 Å². The standard InChI is InChI=1S/C8H15N/c1-2-7-4-8(3-1)6-9-5-7/h7-9H,1-6H2/t7-,8?/m1/s1. The van der Waals surface area contributed by atoms with E-state index in [4.69, 9.17) is 0 Å². The van der Waals surface area contributed by atoms with Gasteiger partial charge in [0.1, 0.15) is 0 Å². The monoisotopic (exact) mass is 125 g/mol. The number of piperidine rings is 1. The second kappa shape index (κ2) is 2.30. The molecule has 0 radical (unpaired) electrons. The molecule has 0 aromatic heterocycles. The molecular weight excluding hydrogens is 110 g/mol. The Labute approximate surface area is 56.8 Å². The van der Waals surface area contributed by atoms with E-state index in [-0.39, 0.29) is 0 Å². The van der Waals surface area contributed by atoms with Crippen molar-refractivity contribution >= 4 is 0 Å². The van der Waals surface area contributed by atoms with Crippen molar-refractivity contribution in [2.24, 2.45) is 11.8 Å². The lowest BCUT2D eigenvalue weighted by atomic mass is 9.79. The van der Waals surface area contributed by atoms with Gasteiger partial charge in [0.25, 0.3) is 0 Å². The minimum atomic E-state index is 1.04. The van der Waals surface area contributed by atoms with E-state index < -0.39 is 0 Å². The summed E-state index contributed by atoms with van der Waals surface area (Å²) in [7, 11) is 0. The Bertz CT molecular complexity index is 80.7. The van der Waals surface area contributed by atoms with Crippen LogP contribution in [0.25, 0.3) is 0 Å². The Morgan fingerprint density at radius 3 is 2.22 bits per heavy atom. The van der Waals surface area contributed by atoms with Gasteiger partial charge in [-0.15, -0.1) is 0 Å². The first-order valence-corrected chi connectivity index (χ1v) is 4.16. The fourth-order valence-electron chi connectivity index (χ4n) is 2.26. The van der Waals surface area contributed by atoms with Crippen molar-refractivity contribution in [2.75, 3.05) is 13.1 Å². The quantitative estimate of drug-likeness (QED) is 0.516. The molecule has 1 heterocycles. The molecule has 0 aromatic rings. The minimum absolute atomic E-state index is 1.04. The van der Waals surface area contributed by atoms with Gasteiger partial charge in [0.05, 0.1) is 0 Å². The van der Waals surface area contributed by atoms with E-state index in [0.29, 0.717) is 0 Å². The molecule has 1 aliphatic heterocycles. The van der Waals surface area contributed by atoms with Crippen molar-refractivity contribution in [3.05, 3.63) is 0 Å². The average molecular weight is 125 g/mol. The van der Waals surface area contributed by atoms with Crippen molar-refractivity contribution in [1.29, 1.82) is 0 Å². The summed E-state index contributed by atoms with van der Waals surface area (Å²) in [5.74, 6) is 2.08.